The number of nitrogens with zero attached hydrogens (tertiary/aromatic N) is 2. The largest absolute Gasteiger partial charge is 0.236 e. The van der Waals surface area contributed by atoms with Crippen LogP contribution in [0.5, 0.6) is 0 Å². The number of hydrogen-bond acceptors (Lipinski definition) is 2. The Balaban J connectivity index is 1.91. The molecule has 1 aromatic heterocycles. The highest BCUT2D eigenvalue weighted by molar-refractivity contribution is 9.10. The molecule has 0 radical (unpaired) electrons. The average molecular weight is 366 g/mol. The van der Waals surface area contributed by atoms with E-state index in [4.69, 9.17) is 16.6 Å². The zero-order chi connectivity index (χ0) is 14.8. The summed E-state index contributed by atoms with van der Waals surface area (Å²) in [6.07, 6.45) is 5.19. The van der Waals surface area contributed by atoms with Crippen molar-refractivity contribution in [3.05, 3.63) is 56.5 Å². The summed E-state index contributed by atoms with van der Waals surface area (Å²) in [7, 11) is 0. The summed E-state index contributed by atoms with van der Waals surface area (Å²) in [4.78, 5) is 9.30. The number of hydrogen-bond donors (Lipinski definition) is 0. The lowest BCUT2D eigenvalue weighted by Gasteiger charge is -2.24. The van der Waals surface area contributed by atoms with Gasteiger partial charge in [-0.1, -0.05) is 49.2 Å². The van der Waals surface area contributed by atoms with Crippen molar-refractivity contribution < 1.29 is 0 Å². The molecule has 21 heavy (non-hydrogen) atoms. The first-order chi connectivity index (χ1) is 10.2. The second-order valence-electron chi connectivity index (χ2n) is 5.59. The average Bonchev–Trinajstić information content (AvgIpc) is 2.51. The fourth-order valence-electron chi connectivity index (χ4n) is 2.98. The molecule has 0 saturated carbocycles. The molecule has 3 rings (SSSR count). The Labute approximate surface area is 139 Å². The van der Waals surface area contributed by atoms with Gasteiger partial charge in [0.2, 0.25) is 0 Å². The minimum Gasteiger partial charge on any atom is -0.236 e. The maximum absolute atomic E-state index is 6.28. The number of benzene rings is 1. The molecule has 0 bridgehead atoms. The van der Waals surface area contributed by atoms with Crippen molar-refractivity contribution in [3.8, 4) is 0 Å². The molecule has 1 aliphatic carbocycles. The molecule has 0 fully saturated rings. The van der Waals surface area contributed by atoms with Crippen LogP contribution < -0.4 is 0 Å². The van der Waals surface area contributed by atoms with Gasteiger partial charge in [0.05, 0.1) is 10.2 Å². The Hall–Kier alpha value is -0.930. The van der Waals surface area contributed by atoms with Crippen molar-refractivity contribution in [2.45, 2.75) is 44.9 Å². The van der Waals surface area contributed by atoms with Crippen LogP contribution in [0.4, 0.5) is 0 Å². The van der Waals surface area contributed by atoms with E-state index in [9.17, 15) is 0 Å². The summed E-state index contributed by atoms with van der Waals surface area (Å²) in [6, 6.07) is 8.67. The van der Waals surface area contributed by atoms with E-state index in [0.717, 1.165) is 48.1 Å². The number of fused-ring (bicyclic) bond motifs is 1. The highest BCUT2D eigenvalue weighted by Gasteiger charge is 2.23. The molecule has 0 aliphatic heterocycles. The monoisotopic (exact) mass is 364 g/mol. The lowest BCUT2D eigenvalue weighted by atomic mass is 9.83. The van der Waals surface area contributed by atoms with Crippen molar-refractivity contribution >= 4 is 27.5 Å². The van der Waals surface area contributed by atoms with Crippen LogP contribution in [0.25, 0.3) is 0 Å². The molecular formula is C17H18BrClN2. The quantitative estimate of drug-likeness (QED) is 0.706. The molecule has 110 valence electrons. The van der Waals surface area contributed by atoms with E-state index in [1.807, 2.05) is 0 Å². The third-order valence-electron chi connectivity index (χ3n) is 4.10. The topological polar surface area (TPSA) is 25.8 Å². The van der Waals surface area contributed by atoms with Gasteiger partial charge in [-0.2, -0.15) is 0 Å². The van der Waals surface area contributed by atoms with Crippen molar-refractivity contribution in [1.29, 1.82) is 0 Å². The van der Waals surface area contributed by atoms with Crippen LogP contribution in [0, 0.1) is 0 Å². The molecular weight excluding hydrogens is 348 g/mol. The van der Waals surface area contributed by atoms with Gasteiger partial charge in [-0.25, -0.2) is 9.97 Å². The van der Waals surface area contributed by atoms with Gasteiger partial charge in [0.25, 0.3) is 0 Å². The lowest BCUT2D eigenvalue weighted by Crippen LogP contribution is -2.16. The van der Waals surface area contributed by atoms with Gasteiger partial charge >= 0.3 is 0 Å². The van der Waals surface area contributed by atoms with Gasteiger partial charge in [-0.3, -0.25) is 0 Å². The van der Waals surface area contributed by atoms with Gasteiger partial charge in [0.15, 0.2) is 0 Å². The highest BCUT2D eigenvalue weighted by Crippen LogP contribution is 2.33. The molecule has 0 saturated heterocycles. The Kier molecular flexibility index (Phi) is 4.60. The lowest BCUT2D eigenvalue weighted by molar-refractivity contribution is 0.551. The molecule has 0 N–H and O–H groups in total. The van der Waals surface area contributed by atoms with Crippen LogP contribution in [-0.2, 0) is 19.3 Å². The van der Waals surface area contributed by atoms with Gasteiger partial charge in [0.1, 0.15) is 11.0 Å². The molecule has 4 heteroatoms. The van der Waals surface area contributed by atoms with E-state index in [-0.39, 0.29) is 0 Å². The summed E-state index contributed by atoms with van der Waals surface area (Å²) in [5, 5.41) is 0.544. The first-order valence-electron chi connectivity index (χ1n) is 7.47. The fourth-order valence-corrected chi connectivity index (χ4v) is 3.56. The minimum atomic E-state index is 0.376. The SMILES string of the molecule is CCCc1nc(C2CCc3ccccc3C2)nc(Cl)c1Br. The second-order valence-corrected chi connectivity index (χ2v) is 6.74. The van der Waals surface area contributed by atoms with Crippen LogP contribution in [0.1, 0.15) is 48.3 Å². The van der Waals surface area contributed by atoms with Crippen molar-refractivity contribution in [3.63, 3.8) is 0 Å². The standard InChI is InChI=1S/C17H18BrClN2/c1-2-5-14-15(18)16(19)21-17(20-14)13-9-8-11-6-3-4-7-12(11)10-13/h3-4,6-7,13H,2,5,8-10H2,1H3. The molecule has 1 unspecified atom stereocenters. The maximum atomic E-state index is 6.28. The van der Waals surface area contributed by atoms with Crippen LogP contribution in [-0.4, -0.2) is 9.97 Å². The van der Waals surface area contributed by atoms with Crippen LogP contribution >= 0.6 is 27.5 Å². The first-order valence-corrected chi connectivity index (χ1v) is 8.64. The smallest absolute Gasteiger partial charge is 0.147 e. The molecule has 2 aromatic rings. The Morgan fingerprint density at radius 3 is 2.76 bits per heavy atom. The molecule has 1 aliphatic rings. The molecule has 1 aromatic carbocycles. The molecule has 0 spiro atoms. The number of rotatable bonds is 3. The third kappa shape index (κ3) is 3.14. The first kappa shape index (κ1) is 15.0. The molecule has 0 amide bonds. The zero-order valence-corrected chi connectivity index (χ0v) is 14.4. The molecule has 1 atom stereocenters. The predicted molar refractivity (Wildman–Crippen MR) is 89.9 cm³/mol. The van der Waals surface area contributed by atoms with Gasteiger partial charge < -0.3 is 0 Å². The Bertz CT molecular complexity index is 657. The van der Waals surface area contributed by atoms with E-state index in [1.54, 1.807) is 0 Å². The number of aryl methyl sites for hydroxylation is 2. The van der Waals surface area contributed by atoms with Crippen molar-refractivity contribution in [1.82, 2.24) is 9.97 Å². The zero-order valence-electron chi connectivity index (χ0n) is 12.1. The summed E-state index contributed by atoms with van der Waals surface area (Å²) in [6.45, 7) is 2.15. The summed E-state index contributed by atoms with van der Waals surface area (Å²) >= 11 is 9.78. The van der Waals surface area contributed by atoms with Gasteiger partial charge in [0, 0.05) is 5.92 Å². The van der Waals surface area contributed by atoms with Crippen LogP contribution in [0.2, 0.25) is 5.15 Å². The Morgan fingerprint density at radius 2 is 2.00 bits per heavy atom. The Morgan fingerprint density at radius 1 is 1.24 bits per heavy atom. The van der Waals surface area contributed by atoms with Gasteiger partial charge in [-0.05, 0) is 52.7 Å². The van der Waals surface area contributed by atoms with Crippen LogP contribution in [0.3, 0.4) is 0 Å². The van der Waals surface area contributed by atoms with E-state index in [1.165, 1.54) is 11.1 Å². The third-order valence-corrected chi connectivity index (χ3v) is 5.43. The van der Waals surface area contributed by atoms with E-state index >= 15 is 0 Å². The van der Waals surface area contributed by atoms with E-state index < -0.39 is 0 Å². The van der Waals surface area contributed by atoms with Gasteiger partial charge in [-0.15, -0.1) is 0 Å². The van der Waals surface area contributed by atoms with Crippen LogP contribution in [0.15, 0.2) is 28.7 Å². The summed E-state index contributed by atoms with van der Waals surface area (Å²) in [5.41, 5.74) is 3.92. The van der Waals surface area contributed by atoms with Crippen molar-refractivity contribution in [2.24, 2.45) is 0 Å². The normalized spacial score (nSPS) is 17.6. The summed E-state index contributed by atoms with van der Waals surface area (Å²) in [5.74, 6) is 1.28. The minimum absolute atomic E-state index is 0.376. The van der Waals surface area contributed by atoms with E-state index in [0.29, 0.717) is 11.1 Å². The maximum Gasteiger partial charge on any atom is 0.147 e. The highest BCUT2D eigenvalue weighted by atomic mass is 79.9. The predicted octanol–water partition coefficient (Wildman–Crippen LogP) is 5.12. The number of aromatic nitrogens is 2. The second kappa shape index (κ2) is 6.45. The summed E-state index contributed by atoms with van der Waals surface area (Å²) < 4.78 is 0.853. The van der Waals surface area contributed by atoms with Crippen molar-refractivity contribution in [2.75, 3.05) is 0 Å². The van der Waals surface area contributed by atoms with E-state index in [2.05, 4.69) is 52.1 Å². The molecule has 1 heterocycles. The number of halogens is 2. The fraction of sp³-hybridized carbons (Fsp3) is 0.412. The molecule has 2 nitrogen and oxygen atoms in total.